The Morgan fingerprint density at radius 2 is 1.87 bits per heavy atom. The summed E-state index contributed by atoms with van der Waals surface area (Å²) >= 11 is 5.74. The first-order chi connectivity index (χ1) is 10.6. The summed E-state index contributed by atoms with van der Waals surface area (Å²) in [5.74, 6) is -2.01. The van der Waals surface area contributed by atoms with E-state index in [1.807, 2.05) is 19.0 Å². The highest BCUT2D eigenvalue weighted by atomic mass is 35.5. The summed E-state index contributed by atoms with van der Waals surface area (Å²) in [7, 11) is 3.73. The minimum absolute atomic E-state index is 0.0910. The van der Waals surface area contributed by atoms with Gasteiger partial charge in [0.15, 0.2) is 0 Å². The third-order valence-corrected chi connectivity index (χ3v) is 3.15. The molecule has 2 N–H and O–H groups in total. The molecular weight excluding hydrogens is 335 g/mol. The highest BCUT2D eigenvalue weighted by Crippen LogP contribution is 2.33. The van der Waals surface area contributed by atoms with Gasteiger partial charge in [-0.2, -0.15) is 13.2 Å². The molecule has 0 spiro atoms. The predicted octanol–water partition coefficient (Wildman–Crippen LogP) is 2.37. The molecule has 1 rings (SSSR count). The zero-order valence-electron chi connectivity index (χ0n) is 12.6. The van der Waals surface area contributed by atoms with Gasteiger partial charge in [0.05, 0.1) is 16.3 Å². The molecule has 0 radical (unpaired) electrons. The van der Waals surface area contributed by atoms with Crippen molar-refractivity contribution < 1.29 is 22.8 Å². The van der Waals surface area contributed by atoms with Crippen LogP contribution in [0.2, 0.25) is 5.02 Å². The number of alkyl halides is 3. The summed E-state index contributed by atoms with van der Waals surface area (Å²) in [5, 5.41) is 4.37. The zero-order valence-corrected chi connectivity index (χ0v) is 13.4. The summed E-state index contributed by atoms with van der Waals surface area (Å²) in [5.41, 5.74) is -1.24. The van der Waals surface area contributed by atoms with Crippen molar-refractivity contribution >= 4 is 29.1 Å². The fourth-order valence-electron chi connectivity index (χ4n) is 1.65. The van der Waals surface area contributed by atoms with Gasteiger partial charge in [0, 0.05) is 6.54 Å². The van der Waals surface area contributed by atoms with E-state index >= 15 is 0 Å². The van der Waals surface area contributed by atoms with Crippen molar-refractivity contribution in [2.45, 2.75) is 12.6 Å². The number of hydrogen-bond acceptors (Lipinski definition) is 3. The molecule has 0 aliphatic carbocycles. The van der Waals surface area contributed by atoms with Gasteiger partial charge < -0.3 is 15.5 Å². The van der Waals surface area contributed by atoms with E-state index < -0.39 is 23.6 Å². The second-order valence-corrected chi connectivity index (χ2v) is 5.47. The number of nitrogens with zero attached hydrogens (tertiary/aromatic N) is 1. The van der Waals surface area contributed by atoms with Crippen molar-refractivity contribution in [3.8, 4) is 0 Å². The molecular formula is C14H17ClF3N3O2. The highest BCUT2D eigenvalue weighted by Gasteiger charge is 2.31. The van der Waals surface area contributed by atoms with Gasteiger partial charge in [-0.15, -0.1) is 0 Å². The molecule has 0 aliphatic heterocycles. The van der Waals surface area contributed by atoms with Crippen molar-refractivity contribution in [1.29, 1.82) is 0 Å². The molecule has 1 aromatic carbocycles. The van der Waals surface area contributed by atoms with Crippen molar-refractivity contribution in [2.24, 2.45) is 0 Å². The summed E-state index contributed by atoms with van der Waals surface area (Å²) in [6.45, 7) is 1.00. The maximum absolute atomic E-state index is 12.6. The molecule has 9 heteroatoms. The van der Waals surface area contributed by atoms with Gasteiger partial charge in [0.1, 0.15) is 0 Å². The average Bonchev–Trinajstić information content (AvgIpc) is 2.44. The number of rotatable bonds is 5. The Labute approximate surface area is 136 Å². The van der Waals surface area contributed by atoms with E-state index in [0.29, 0.717) is 12.5 Å². The minimum atomic E-state index is -4.57. The second kappa shape index (κ2) is 8.16. The Bertz CT molecular complexity index is 577. The lowest BCUT2D eigenvalue weighted by Gasteiger charge is -2.12. The van der Waals surface area contributed by atoms with E-state index in [1.54, 1.807) is 0 Å². The van der Waals surface area contributed by atoms with Crippen molar-refractivity contribution in [2.75, 3.05) is 32.5 Å². The standard InChI is InChI=1S/C14H17ClF3N3O2/c1-21(2)7-3-6-19-12(22)13(23)20-11-8-9(14(16,17)18)4-5-10(11)15/h4-5,8H,3,6-7H2,1-2H3,(H,19,22)(H,20,23). The molecule has 5 nitrogen and oxygen atoms in total. The van der Waals surface area contributed by atoms with Gasteiger partial charge in [0.25, 0.3) is 0 Å². The Morgan fingerprint density at radius 1 is 1.22 bits per heavy atom. The number of carbonyl (C=O) groups is 2. The molecule has 0 atom stereocenters. The summed E-state index contributed by atoms with van der Waals surface area (Å²) in [6, 6.07) is 2.48. The Morgan fingerprint density at radius 3 is 2.43 bits per heavy atom. The molecule has 128 valence electrons. The predicted molar refractivity (Wildman–Crippen MR) is 81.3 cm³/mol. The lowest BCUT2D eigenvalue weighted by molar-refractivity contribution is -0.137. The van der Waals surface area contributed by atoms with Crippen LogP contribution in [0, 0.1) is 0 Å². The van der Waals surface area contributed by atoms with Crippen LogP contribution >= 0.6 is 11.6 Å². The van der Waals surface area contributed by atoms with Crippen LogP contribution in [-0.2, 0) is 15.8 Å². The zero-order chi connectivity index (χ0) is 17.6. The molecule has 23 heavy (non-hydrogen) atoms. The van der Waals surface area contributed by atoms with E-state index in [2.05, 4.69) is 10.6 Å². The molecule has 0 heterocycles. The highest BCUT2D eigenvalue weighted by molar-refractivity contribution is 6.41. The fraction of sp³-hybridized carbons (Fsp3) is 0.429. The molecule has 0 aliphatic rings. The van der Waals surface area contributed by atoms with Crippen LogP contribution in [0.3, 0.4) is 0 Å². The number of nitrogens with one attached hydrogen (secondary N) is 2. The molecule has 0 fully saturated rings. The number of anilines is 1. The maximum atomic E-state index is 12.6. The summed E-state index contributed by atoms with van der Waals surface area (Å²) in [6.07, 6.45) is -3.94. The average molecular weight is 352 g/mol. The molecule has 0 aromatic heterocycles. The maximum Gasteiger partial charge on any atom is 0.416 e. The van der Waals surface area contributed by atoms with Crippen molar-refractivity contribution in [3.05, 3.63) is 28.8 Å². The minimum Gasteiger partial charge on any atom is -0.348 e. The van der Waals surface area contributed by atoms with E-state index in [9.17, 15) is 22.8 Å². The number of hydrogen-bond donors (Lipinski definition) is 2. The number of benzene rings is 1. The third kappa shape index (κ3) is 6.45. The van der Waals surface area contributed by atoms with Crippen LogP contribution in [0.4, 0.5) is 18.9 Å². The largest absolute Gasteiger partial charge is 0.416 e. The number of halogens is 4. The lowest BCUT2D eigenvalue weighted by Crippen LogP contribution is -2.36. The van der Waals surface area contributed by atoms with Crippen molar-refractivity contribution in [1.82, 2.24) is 10.2 Å². The second-order valence-electron chi connectivity index (χ2n) is 5.06. The van der Waals surface area contributed by atoms with Crippen LogP contribution < -0.4 is 10.6 Å². The third-order valence-electron chi connectivity index (χ3n) is 2.82. The summed E-state index contributed by atoms with van der Waals surface area (Å²) < 4.78 is 37.9. The van der Waals surface area contributed by atoms with Crippen LogP contribution in [0.25, 0.3) is 0 Å². The molecule has 0 saturated heterocycles. The SMILES string of the molecule is CN(C)CCCNC(=O)C(=O)Nc1cc(C(F)(F)F)ccc1Cl. The van der Waals surface area contributed by atoms with E-state index in [-0.39, 0.29) is 17.3 Å². The van der Waals surface area contributed by atoms with Gasteiger partial charge in [-0.1, -0.05) is 11.6 Å². The topological polar surface area (TPSA) is 61.4 Å². The van der Waals surface area contributed by atoms with E-state index in [1.165, 1.54) is 0 Å². The van der Waals surface area contributed by atoms with Gasteiger partial charge in [-0.3, -0.25) is 9.59 Å². The van der Waals surface area contributed by atoms with Gasteiger partial charge in [-0.25, -0.2) is 0 Å². The van der Waals surface area contributed by atoms with Crippen LogP contribution in [-0.4, -0.2) is 43.9 Å². The number of amides is 2. The Balaban J connectivity index is 2.64. The van der Waals surface area contributed by atoms with Gasteiger partial charge in [-0.05, 0) is 45.3 Å². The van der Waals surface area contributed by atoms with Gasteiger partial charge >= 0.3 is 18.0 Å². The molecule has 0 saturated carbocycles. The quantitative estimate of drug-likeness (QED) is 0.632. The Hall–Kier alpha value is -1.80. The van der Waals surface area contributed by atoms with Crippen LogP contribution in [0.1, 0.15) is 12.0 Å². The molecule has 1 aromatic rings. The van der Waals surface area contributed by atoms with Crippen molar-refractivity contribution in [3.63, 3.8) is 0 Å². The van der Waals surface area contributed by atoms with Gasteiger partial charge in [0.2, 0.25) is 0 Å². The normalized spacial score (nSPS) is 11.4. The number of carbonyl (C=O) groups excluding carboxylic acids is 2. The van der Waals surface area contributed by atoms with E-state index in [4.69, 9.17) is 11.6 Å². The molecule has 0 bridgehead atoms. The van der Waals surface area contributed by atoms with Crippen LogP contribution in [0.5, 0.6) is 0 Å². The van der Waals surface area contributed by atoms with Crippen LogP contribution in [0.15, 0.2) is 18.2 Å². The molecule has 2 amide bonds. The lowest BCUT2D eigenvalue weighted by atomic mass is 10.2. The fourth-order valence-corrected chi connectivity index (χ4v) is 1.82. The summed E-state index contributed by atoms with van der Waals surface area (Å²) in [4.78, 5) is 25.2. The van der Waals surface area contributed by atoms with E-state index in [0.717, 1.165) is 18.7 Å². The Kier molecular flexibility index (Phi) is 6.83. The first-order valence-electron chi connectivity index (χ1n) is 6.72. The molecule has 0 unspecified atom stereocenters. The monoisotopic (exact) mass is 351 g/mol. The first kappa shape index (κ1) is 19.2. The first-order valence-corrected chi connectivity index (χ1v) is 7.09. The smallest absolute Gasteiger partial charge is 0.348 e.